The summed E-state index contributed by atoms with van der Waals surface area (Å²) in [5.41, 5.74) is 0. The molecule has 2 rings (SSSR count). The molecule has 0 amide bonds. The van der Waals surface area contributed by atoms with Crippen LogP contribution >= 0.6 is 0 Å². The smallest absolute Gasteiger partial charge is 0.0701 e. The quantitative estimate of drug-likeness (QED) is 0.587. The van der Waals surface area contributed by atoms with Gasteiger partial charge in [-0.2, -0.15) is 0 Å². The topological polar surface area (TPSA) is 33.7 Å². The SMILES string of the molecule is C1CN(C2COCCOC2)CCN1. The number of hydrogen-bond donors (Lipinski definition) is 1. The third-order valence-electron chi connectivity index (χ3n) is 2.66. The first-order chi connectivity index (χ1) is 6.47. The summed E-state index contributed by atoms with van der Waals surface area (Å²) in [6, 6.07) is 0.476. The lowest BCUT2D eigenvalue weighted by Crippen LogP contribution is -2.51. The zero-order chi connectivity index (χ0) is 8.93. The van der Waals surface area contributed by atoms with Crippen molar-refractivity contribution in [2.45, 2.75) is 6.04 Å². The van der Waals surface area contributed by atoms with E-state index in [1.54, 1.807) is 0 Å². The maximum absolute atomic E-state index is 5.47. The number of hydrogen-bond acceptors (Lipinski definition) is 4. The van der Waals surface area contributed by atoms with E-state index in [1.807, 2.05) is 0 Å². The summed E-state index contributed by atoms with van der Waals surface area (Å²) in [4.78, 5) is 2.46. The molecule has 0 saturated carbocycles. The highest BCUT2D eigenvalue weighted by Crippen LogP contribution is 2.05. The zero-order valence-electron chi connectivity index (χ0n) is 8.00. The molecule has 4 nitrogen and oxygen atoms in total. The summed E-state index contributed by atoms with van der Waals surface area (Å²) >= 11 is 0. The second kappa shape index (κ2) is 4.91. The first kappa shape index (κ1) is 9.40. The molecule has 0 spiro atoms. The van der Waals surface area contributed by atoms with Gasteiger partial charge in [-0.1, -0.05) is 0 Å². The lowest BCUT2D eigenvalue weighted by atomic mass is 10.2. The van der Waals surface area contributed by atoms with Crippen molar-refractivity contribution < 1.29 is 9.47 Å². The molecule has 2 fully saturated rings. The van der Waals surface area contributed by atoms with Crippen molar-refractivity contribution in [1.82, 2.24) is 10.2 Å². The molecule has 0 aromatic rings. The lowest BCUT2D eigenvalue weighted by molar-refractivity contribution is 0.0628. The molecule has 0 atom stereocenters. The van der Waals surface area contributed by atoms with Gasteiger partial charge in [-0.05, 0) is 0 Å². The van der Waals surface area contributed by atoms with E-state index in [4.69, 9.17) is 9.47 Å². The van der Waals surface area contributed by atoms with Crippen molar-refractivity contribution in [2.75, 3.05) is 52.6 Å². The summed E-state index contributed by atoms with van der Waals surface area (Å²) in [5, 5.41) is 3.35. The number of ether oxygens (including phenoxy) is 2. The summed E-state index contributed by atoms with van der Waals surface area (Å²) in [7, 11) is 0. The minimum Gasteiger partial charge on any atom is -0.377 e. The number of rotatable bonds is 1. The molecule has 0 radical (unpaired) electrons. The Morgan fingerprint density at radius 2 is 1.62 bits per heavy atom. The van der Waals surface area contributed by atoms with Gasteiger partial charge in [0.25, 0.3) is 0 Å². The number of nitrogens with zero attached hydrogens (tertiary/aromatic N) is 1. The minimum absolute atomic E-state index is 0.476. The molecule has 0 aliphatic carbocycles. The third kappa shape index (κ3) is 2.64. The van der Waals surface area contributed by atoms with Crippen molar-refractivity contribution in [3.63, 3.8) is 0 Å². The first-order valence-electron chi connectivity index (χ1n) is 5.07. The van der Waals surface area contributed by atoms with Crippen LogP contribution < -0.4 is 5.32 Å². The van der Waals surface area contributed by atoms with Crippen LogP contribution in [0.15, 0.2) is 0 Å². The molecule has 76 valence electrons. The normalized spacial score (nSPS) is 28.6. The second-order valence-electron chi connectivity index (χ2n) is 3.59. The van der Waals surface area contributed by atoms with Crippen LogP contribution in [0.2, 0.25) is 0 Å². The van der Waals surface area contributed by atoms with Crippen LogP contribution in [0.5, 0.6) is 0 Å². The van der Waals surface area contributed by atoms with Gasteiger partial charge in [0.2, 0.25) is 0 Å². The Bertz CT molecular complexity index is 141. The van der Waals surface area contributed by atoms with Gasteiger partial charge < -0.3 is 14.8 Å². The maximum Gasteiger partial charge on any atom is 0.0701 e. The Labute approximate surface area is 79.2 Å². The van der Waals surface area contributed by atoms with Crippen LogP contribution in [-0.4, -0.2) is 63.5 Å². The van der Waals surface area contributed by atoms with E-state index in [0.29, 0.717) is 6.04 Å². The van der Waals surface area contributed by atoms with Crippen molar-refractivity contribution in [1.29, 1.82) is 0 Å². The summed E-state index contributed by atoms with van der Waals surface area (Å²) in [5.74, 6) is 0. The highest BCUT2D eigenvalue weighted by molar-refractivity contribution is 4.77. The van der Waals surface area contributed by atoms with Crippen molar-refractivity contribution in [2.24, 2.45) is 0 Å². The Hall–Kier alpha value is -0.160. The Balaban J connectivity index is 1.82. The van der Waals surface area contributed by atoms with Crippen molar-refractivity contribution >= 4 is 0 Å². The highest BCUT2D eigenvalue weighted by Gasteiger charge is 2.22. The monoisotopic (exact) mass is 186 g/mol. The van der Waals surface area contributed by atoms with Crippen LogP contribution in [0.1, 0.15) is 0 Å². The molecule has 0 aromatic carbocycles. The zero-order valence-corrected chi connectivity index (χ0v) is 8.00. The van der Waals surface area contributed by atoms with Gasteiger partial charge in [0.05, 0.1) is 32.5 Å². The molecule has 13 heavy (non-hydrogen) atoms. The molecule has 2 aliphatic heterocycles. The third-order valence-corrected chi connectivity index (χ3v) is 2.66. The largest absolute Gasteiger partial charge is 0.377 e. The van der Waals surface area contributed by atoms with Crippen LogP contribution in [0, 0.1) is 0 Å². The van der Waals surface area contributed by atoms with Crippen LogP contribution in [0.3, 0.4) is 0 Å². The molecule has 0 bridgehead atoms. The molecule has 0 unspecified atom stereocenters. The molecule has 0 aromatic heterocycles. The second-order valence-corrected chi connectivity index (χ2v) is 3.59. The molecule has 2 saturated heterocycles. The fourth-order valence-corrected chi connectivity index (χ4v) is 1.86. The van der Waals surface area contributed by atoms with Crippen LogP contribution in [0.25, 0.3) is 0 Å². The van der Waals surface area contributed by atoms with Gasteiger partial charge in [0.15, 0.2) is 0 Å². The average Bonchev–Trinajstić information content (AvgIpc) is 2.47. The van der Waals surface area contributed by atoms with E-state index >= 15 is 0 Å². The molecule has 2 aliphatic rings. The van der Waals surface area contributed by atoms with Crippen LogP contribution in [-0.2, 0) is 9.47 Å². The Kier molecular flexibility index (Phi) is 3.55. The molecule has 2 heterocycles. The lowest BCUT2D eigenvalue weighted by Gasteiger charge is -2.33. The molecule has 4 heteroatoms. The van der Waals surface area contributed by atoms with E-state index in [0.717, 1.165) is 52.6 Å². The minimum atomic E-state index is 0.476. The average molecular weight is 186 g/mol. The van der Waals surface area contributed by atoms with Crippen molar-refractivity contribution in [3.8, 4) is 0 Å². The van der Waals surface area contributed by atoms with Crippen molar-refractivity contribution in [3.05, 3.63) is 0 Å². The Morgan fingerprint density at radius 1 is 1.00 bits per heavy atom. The first-order valence-corrected chi connectivity index (χ1v) is 5.07. The summed E-state index contributed by atoms with van der Waals surface area (Å²) in [6.45, 7) is 7.60. The van der Waals surface area contributed by atoms with E-state index in [2.05, 4.69) is 10.2 Å². The van der Waals surface area contributed by atoms with Gasteiger partial charge in [-0.15, -0.1) is 0 Å². The fraction of sp³-hybridized carbons (Fsp3) is 1.00. The van der Waals surface area contributed by atoms with Gasteiger partial charge in [0, 0.05) is 26.2 Å². The highest BCUT2D eigenvalue weighted by atomic mass is 16.5. The van der Waals surface area contributed by atoms with E-state index in [1.165, 1.54) is 0 Å². The summed E-state index contributed by atoms with van der Waals surface area (Å²) < 4.78 is 10.9. The predicted molar refractivity (Wildman–Crippen MR) is 49.9 cm³/mol. The van der Waals surface area contributed by atoms with E-state index in [9.17, 15) is 0 Å². The Morgan fingerprint density at radius 3 is 2.23 bits per heavy atom. The van der Waals surface area contributed by atoms with E-state index < -0.39 is 0 Å². The van der Waals surface area contributed by atoms with Gasteiger partial charge in [-0.25, -0.2) is 0 Å². The van der Waals surface area contributed by atoms with Gasteiger partial charge >= 0.3 is 0 Å². The van der Waals surface area contributed by atoms with Gasteiger partial charge in [0.1, 0.15) is 0 Å². The standard InChI is InChI=1S/C9H18N2O2/c1-3-11(4-2-10-1)9-7-12-5-6-13-8-9/h9-10H,1-8H2. The summed E-state index contributed by atoms with van der Waals surface area (Å²) in [6.07, 6.45) is 0. The predicted octanol–water partition coefficient (Wildman–Crippen LogP) is -0.693. The van der Waals surface area contributed by atoms with E-state index in [-0.39, 0.29) is 0 Å². The van der Waals surface area contributed by atoms with Gasteiger partial charge in [-0.3, -0.25) is 4.90 Å². The van der Waals surface area contributed by atoms with Crippen LogP contribution in [0.4, 0.5) is 0 Å². The fourth-order valence-electron chi connectivity index (χ4n) is 1.86. The molecular weight excluding hydrogens is 168 g/mol. The number of nitrogens with one attached hydrogen (secondary N) is 1. The maximum atomic E-state index is 5.47. The number of piperazine rings is 1. The molecule has 1 N–H and O–H groups in total. The molecular formula is C9H18N2O2.